The lowest BCUT2D eigenvalue weighted by atomic mass is 10.3. The van der Waals surface area contributed by atoms with Crippen LogP contribution in [0.25, 0.3) is 11.2 Å². The first-order chi connectivity index (χ1) is 10.4. The molecule has 0 aliphatic carbocycles. The van der Waals surface area contributed by atoms with Gasteiger partial charge in [-0.2, -0.15) is 4.98 Å². The number of anilines is 1. The van der Waals surface area contributed by atoms with E-state index in [1.807, 2.05) is 25.3 Å². The molecule has 0 aromatic carbocycles. The highest BCUT2D eigenvalue weighted by atomic mass is 16.2. The van der Waals surface area contributed by atoms with Gasteiger partial charge in [-0.15, -0.1) is 0 Å². The summed E-state index contributed by atoms with van der Waals surface area (Å²) < 4.78 is 4.50. The number of nitrogens with one attached hydrogen (secondary N) is 1. The van der Waals surface area contributed by atoms with E-state index in [0.717, 1.165) is 11.0 Å². The molecule has 2 aromatic heterocycles. The van der Waals surface area contributed by atoms with Crippen LogP contribution in [-0.2, 0) is 13.6 Å². The second-order valence-electron chi connectivity index (χ2n) is 5.53. The molecule has 0 aliphatic heterocycles. The summed E-state index contributed by atoms with van der Waals surface area (Å²) in [6.07, 6.45) is 0.807. The highest BCUT2D eigenvalue weighted by Gasteiger charge is 2.20. The van der Waals surface area contributed by atoms with E-state index in [-0.39, 0.29) is 17.3 Å². The normalized spacial score (nSPS) is 11.5. The minimum absolute atomic E-state index is 0.0844. The van der Waals surface area contributed by atoms with Crippen LogP contribution in [0.1, 0.15) is 33.2 Å². The van der Waals surface area contributed by atoms with Crippen molar-refractivity contribution in [3.05, 3.63) is 20.8 Å². The molecule has 0 amide bonds. The van der Waals surface area contributed by atoms with Crippen LogP contribution in [0.4, 0.5) is 5.95 Å². The smallest absolute Gasteiger partial charge is 0.332 e. The number of aromatic nitrogens is 4. The van der Waals surface area contributed by atoms with E-state index in [4.69, 9.17) is 5.73 Å². The van der Waals surface area contributed by atoms with Gasteiger partial charge in [0.25, 0.3) is 5.56 Å². The second kappa shape index (κ2) is 6.35. The Balaban J connectivity index is 2.77. The van der Waals surface area contributed by atoms with E-state index in [1.165, 1.54) is 7.05 Å². The highest BCUT2D eigenvalue weighted by Crippen LogP contribution is 2.18. The number of aryl methyl sites for hydroxylation is 1. The van der Waals surface area contributed by atoms with Gasteiger partial charge in [0, 0.05) is 26.2 Å². The zero-order valence-electron chi connectivity index (χ0n) is 13.6. The lowest BCUT2D eigenvalue weighted by Crippen LogP contribution is -2.39. The topological polar surface area (TPSA) is 99.9 Å². The number of fused-ring (bicyclic) bond motifs is 1. The lowest BCUT2D eigenvalue weighted by molar-refractivity contribution is 0.551. The molecule has 0 saturated heterocycles. The van der Waals surface area contributed by atoms with Gasteiger partial charge in [-0.3, -0.25) is 13.9 Å². The van der Waals surface area contributed by atoms with Crippen LogP contribution in [0.15, 0.2) is 9.59 Å². The maximum Gasteiger partial charge on any atom is 0.332 e. The van der Waals surface area contributed by atoms with Crippen molar-refractivity contribution in [3.8, 4) is 0 Å². The predicted molar refractivity (Wildman–Crippen MR) is 87.5 cm³/mol. The van der Waals surface area contributed by atoms with E-state index < -0.39 is 0 Å². The van der Waals surface area contributed by atoms with Gasteiger partial charge in [0.1, 0.15) is 0 Å². The first kappa shape index (κ1) is 16.3. The molecule has 0 atom stereocenters. The summed E-state index contributed by atoms with van der Waals surface area (Å²) in [6.45, 7) is 7.59. The third-order valence-electron chi connectivity index (χ3n) is 3.67. The summed E-state index contributed by atoms with van der Waals surface area (Å²) in [7, 11) is 1.50. The van der Waals surface area contributed by atoms with Gasteiger partial charge in [-0.1, -0.05) is 0 Å². The molecule has 2 heterocycles. The fraction of sp³-hybridized carbons (Fsp3) is 0.643. The van der Waals surface area contributed by atoms with Gasteiger partial charge in [0.15, 0.2) is 11.2 Å². The third kappa shape index (κ3) is 2.54. The fourth-order valence-corrected chi connectivity index (χ4v) is 2.53. The Morgan fingerprint density at radius 1 is 1.32 bits per heavy atom. The minimum Gasteiger partial charge on any atom is -0.356 e. The van der Waals surface area contributed by atoms with E-state index in [2.05, 4.69) is 10.3 Å². The van der Waals surface area contributed by atoms with Gasteiger partial charge >= 0.3 is 5.69 Å². The molecule has 8 heteroatoms. The van der Waals surface area contributed by atoms with Crippen molar-refractivity contribution in [1.82, 2.24) is 18.7 Å². The SMILES string of the molecule is CCn1c(NCCCN)nc2c1c(=O)n(C)c(=O)n2C(C)C. The molecule has 2 aromatic rings. The zero-order valence-corrected chi connectivity index (χ0v) is 13.6. The summed E-state index contributed by atoms with van der Waals surface area (Å²) in [5.74, 6) is 0.600. The van der Waals surface area contributed by atoms with Crippen molar-refractivity contribution in [2.24, 2.45) is 12.8 Å². The van der Waals surface area contributed by atoms with Gasteiger partial charge in [0.2, 0.25) is 5.95 Å². The molecule has 0 unspecified atom stereocenters. The molecule has 0 saturated carbocycles. The number of rotatable bonds is 6. The quantitative estimate of drug-likeness (QED) is 0.746. The largest absolute Gasteiger partial charge is 0.356 e. The number of hydrogen-bond donors (Lipinski definition) is 2. The van der Waals surface area contributed by atoms with Gasteiger partial charge in [0.05, 0.1) is 0 Å². The third-order valence-corrected chi connectivity index (χ3v) is 3.67. The molecular formula is C14H24N6O2. The Labute approximate surface area is 128 Å². The Hall–Kier alpha value is -2.09. The monoisotopic (exact) mass is 308 g/mol. The molecule has 0 fully saturated rings. The molecule has 0 radical (unpaired) electrons. The molecule has 0 bridgehead atoms. The van der Waals surface area contributed by atoms with Crippen LogP contribution in [0, 0.1) is 0 Å². The molecule has 8 nitrogen and oxygen atoms in total. The van der Waals surface area contributed by atoms with Crippen molar-refractivity contribution in [3.63, 3.8) is 0 Å². The van der Waals surface area contributed by atoms with Gasteiger partial charge in [-0.05, 0) is 33.7 Å². The lowest BCUT2D eigenvalue weighted by Gasteiger charge is -2.12. The number of nitrogens with two attached hydrogens (primary N) is 1. The van der Waals surface area contributed by atoms with E-state index in [9.17, 15) is 9.59 Å². The summed E-state index contributed by atoms with van der Waals surface area (Å²) in [5, 5.41) is 3.20. The van der Waals surface area contributed by atoms with Gasteiger partial charge < -0.3 is 15.6 Å². The Kier molecular flexibility index (Phi) is 4.70. The second-order valence-corrected chi connectivity index (χ2v) is 5.53. The molecule has 122 valence electrons. The Morgan fingerprint density at radius 3 is 2.55 bits per heavy atom. The minimum atomic E-state index is -0.346. The van der Waals surface area contributed by atoms with E-state index >= 15 is 0 Å². The molecule has 22 heavy (non-hydrogen) atoms. The molecular weight excluding hydrogens is 284 g/mol. The van der Waals surface area contributed by atoms with Crippen LogP contribution < -0.4 is 22.3 Å². The van der Waals surface area contributed by atoms with Crippen LogP contribution in [0.5, 0.6) is 0 Å². The predicted octanol–water partition coefficient (Wildman–Crippen LogP) is 0.258. The van der Waals surface area contributed by atoms with E-state index in [1.54, 1.807) is 4.57 Å². The van der Waals surface area contributed by atoms with Crippen molar-refractivity contribution in [2.75, 3.05) is 18.4 Å². The fourth-order valence-electron chi connectivity index (χ4n) is 2.53. The van der Waals surface area contributed by atoms with Crippen molar-refractivity contribution in [1.29, 1.82) is 0 Å². The summed E-state index contributed by atoms with van der Waals surface area (Å²) >= 11 is 0. The zero-order chi connectivity index (χ0) is 16.4. The average Bonchev–Trinajstić information content (AvgIpc) is 2.83. The first-order valence-electron chi connectivity index (χ1n) is 7.59. The van der Waals surface area contributed by atoms with Crippen LogP contribution in [0.2, 0.25) is 0 Å². The standard InChI is InChI=1S/C14H24N6O2/c1-5-19-10-11(17-13(19)16-8-6-7-15)20(9(2)3)14(22)18(4)12(10)21/h9H,5-8,15H2,1-4H3,(H,16,17). The average molecular weight is 308 g/mol. The molecule has 2 rings (SSSR count). The maximum atomic E-state index is 12.5. The molecule has 0 aliphatic rings. The van der Waals surface area contributed by atoms with Crippen molar-refractivity contribution < 1.29 is 0 Å². The summed E-state index contributed by atoms with van der Waals surface area (Å²) in [4.78, 5) is 29.3. The van der Waals surface area contributed by atoms with Crippen LogP contribution >= 0.6 is 0 Å². The van der Waals surface area contributed by atoms with E-state index in [0.29, 0.717) is 36.7 Å². The maximum absolute atomic E-state index is 12.5. The van der Waals surface area contributed by atoms with Crippen LogP contribution in [-0.4, -0.2) is 31.8 Å². The Bertz CT molecular complexity index is 783. The first-order valence-corrected chi connectivity index (χ1v) is 7.59. The number of nitrogens with zero attached hydrogens (tertiary/aromatic N) is 4. The number of hydrogen-bond acceptors (Lipinski definition) is 5. The van der Waals surface area contributed by atoms with Gasteiger partial charge in [-0.25, -0.2) is 4.79 Å². The van der Waals surface area contributed by atoms with Crippen molar-refractivity contribution >= 4 is 17.1 Å². The highest BCUT2D eigenvalue weighted by molar-refractivity contribution is 5.74. The Morgan fingerprint density at radius 2 is 2.00 bits per heavy atom. The number of imidazole rings is 1. The summed E-state index contributed by atoms with van der Waals surface area (Å²) in [6, 6.07) is -0.0844. The molecule has 0 spiro atoms. The molecule has 3 N–H and O–H groups in total. The van der Waals surface area contributed by atoms with Crippen LogP contribution in [0.3, 0.4) is 0 Å². The van der Waals surface area contributed by atoms with Crippen molar-refractivity contribution in [2.45, 2.75) is 39.8 Å². The summed E-state index contributed by atoms with van der Waals surface area (Å²) in [5.41, 5.74) is 5.72.